The number of anilines is 1. The van der Waals surface area contributed by atoms with E-state index in [1.165, 1.54) is 6.20 Å². The van der Waals surface area contributed by atoms with E-state index in [9.17, 15) is 14.7 Å². The van der Waals surface area contributed by atoms with Crippen LogP contribution in [-0.2, 0) is 4.74 Å². The molecule has 0 aromatic carbocycles. The lowest BCUT2D eigenvalue weighted by molar-refractivity contribution is 0.0184. The first-order valence-electron chi connectivity index (χ1n) is 9.45. The molecule has 1 saturated heterocycles. The lowest BCUT2D eigenvalue weighted by Gasteiger charge is -2.33. The molecule has 0 atom stereocenters. The molecule has 3 heterocycles. The molecule has 1 aliphatic heterocycles. The Morgan fingerprint density at radius 2 is 1.93 bits per heavy atom. The third-order valence-corrected chi connectivity index (χ3v) is 4.69. The van der Waals surface area contributed by atoms with Gasteiger partial charge >= 0.3 is 12.1 Å². The first-order valence-corrected chi connectivity index (χ1v) is 9.45. The molecule has 10 nitrogen and oxygen atoms in total. The van der Waals surface area contributed by atoms with Crippen molar-refractivity contribution in [1.29, 1.82) is 0 Å². The van der Waals surface area contributed by atoms with E-state index in [2.05, 4.69) is 15.1 Å². The van der Waals surface area contributed by atoms with Crippen LogP contribution >= 0.6 is 0 Å². The third-order valence-electron chi connectivity index (χ3n) is 4.69. The van der Waals surface area contributed by atoms with E-state index in [0.717, 1.165) is 18.5 Å². The van der Waals surface area contributed by atoms with Crippen molar-refractivity contribution in [2.75, 3.05) is 18.8 Å². The Kier molecular flexibility index (Phi) is 5.45. The first-order chi connectivity index (χ1) is 13.5. The summed E-state index contributed by atoms with van der Waals surface area (Å²) in [4.78, 5) is 33.3. The predicted molar refractivity (Wildman–Crippen MR) is 105 cm³/mol. The Hall–Kier alpha value is -3.17. The van der Waals surface area contributed by atoms with Crippen molar-refractivity contribution in [3.8, 4) is 11.3 Å². The van der Waals surface area contributed by atoms with Gasteiger partial charge in [-0.15, -0.1) is 0 Å². The number of piperidine rings is 1. The van der Waals surface area contributed by atoms with Gasteiger partial charge in [-0.1, -0.05) is 0 Å². The van der Waals surface area contributed by atoms with Crippen molar-refractivity contribution < 1.29 is 19.4 Å². The number of amides is 1. The summed E-state index contributed by atoms with van der Waals surface area (Å²) in [6, 6.07) is 0.127. The molecular formula is C19H26N6O4. The molecule has 0 unspecified atom stereocenters. The number of carboxylic acids is 1. The van der Waals surface area contributed by atoms with Gasteiger partial charge in [0.15, 0.2) is 11.5 Å². The molecule has 0 saturated carbocycles. The molecule has 0 radical (unpaired) electrons. The normalized spacial score (nSPS) is 15.4. The lowest BCUT2D eigenvalue weighted by atomic mass is 10.1. The van der Waals surface area contributed by atoms with Crippen LogP contribution in [0.4, 0.5) is 10.6 Å². The number of carbonyl (C=O) groups is 2. The van der Waals surface area contributed by atoms with Crippen LogP contribution in [0.25, 0.3) is 11.3 Å². The van der Waals surface area contributed by atoms with Crippen molar-refractivity contribution in [1.82, 2.24) is 24.6 Å². The van der Waals surface area contributed by atoms with Gasteiger partial charge in [-0.3, -0.25) is 4.68 Å². The lowest BCUT2D eigenvalue weighted by Crippen LogP contribution is -2.42. The number of nitrogens with two attached hydrogens (primary N) is 1. The summed E-state index contributed by atoms with van der Waals surface area (Å²) in [6.07, 6.45) is 4.48. The zero-order valence-corrected chi connectivity index (χ0v) is 17.0. The molecule has 29 heavy (non-hydrogen) atoms. The summed E-state index contributed by atoms with van der Waals surface area (Å²) in [6.45, 7) is 8.54. The molecule has 3 N–H and O–H groups in total. The van der Waals surface area contributed by atoms with Gasteiger partial charge in [0.2, 0.25) is 0 Å². The number of nitrogen functional groups attached to an aromatic ring is 1. The second-order valence-corrected chi connectivity index (χ2v) is 8.10. The Labute approximate surface area is 168 Å². The van der Waals surface area contributed by atoms with E-state index in [0.29, 0.717) is 24.3 Å². The number of rotatable bonds is 3. The fraction of sp³-hybridized carbons (Fsp3) is 0.526. The monoisotopic (exact) mass is 402 g/mol. The molecule has 1 aliphatic rings. The highest BCUT2D eigenvalue weighted by Gasteiger charge is 2.28. The second kappa shape index (κ2) is 7.69. The Morgan fingerprint density at radius 3 is 2.52 bits per heavy atom. The maximum atomic E-state index is 12.2. The van der Waals surface area contributed by atoms with Gasteiger partial charge in [-0.2, -0.15) is 5.10 Å². The molecule has 0 aliphatic carbocycles. The van der Waals surface area contributed by atoms with Crippen LogP contribution in [-0.4, -0.2) is 60.5 Å². The fourth-order valence-electron chi connectivity index (χ4n) is 3.25. The van der Waals surface area contributed by atoms with Gasteiger partial charge in [0.1, 0.15) is 5.60 Å². The van der Waals surface area contributed by atoms with Crippen molar-refractivity contribution in [2.45, 2.75) is 52.2 Å². The second-order valence-electron chi connectivity index (χ2n) is 8.10. The van der Waals surface area contributed by atoms with Crippen molar-refractivity contribution in [3.63, 3.8) is 0 Å². The van der Waals surface area contributed by atoms with E-state index >= 15 is 0 Å². The van der Waals surface area contributed by atoms with Crippen molar-refractivity contribution in [2.24, 2.45) is 0 Å². The van der Waals surface area contributed by atoms with Crippen molar-refractivity contribution >= 4 is 17.9 Å². The summed E-state index contributed by atoms with van der Waals surface area (Å²) in [5.41, 5.74) is 6.62. The third kappa shape index (κ3) is 4.64. The molecule has 156 valence electrons. The number of carboxylic acid groups (broad SMARTS) is 1. The minimum atomic E-state index is -1.23. The molecule has 2 aromatic heterocycles. The number of carbonyl (C=O) groups excluding carboxylic acids is 1. The number of aryl methyl sites for hydroxylation is 1. The molecule has 10 heteroatoms. The molecule has 1 fully saturated rings. The van der Waals surface area contributed by atoms with Gasteiger partial charge in [0, 0.05) is 24.8 Å². The Balaban J connectivity index is 1.73. The van der Waals surface area contributed by atoms with Gasteiger partial charge in [0.25, 0.3) is 0 Å². The minimum Gasteiger partial charge on any atom is -0.476 e. The largest absolute Gasteiger partial charge is 0.476 e. The van der Waals surface area contributed by atoms with E-state index in [-0.39, 0.29) is 23.6 Å². The Morgan fingerprint density at radius 1 is 1.28 bits per heavy atom. The van der Waals surface area contributed by atoms with Crippen LogP contribution in [0.2, 0.25) is 0 Å². The molecule has 0 bridgehead atoms. The average Bonchev–Trinajstić information content (AvgIpc) is 3.02. The zero-order valence-electron chi connectivity index (χ0n) is 17.0. The zero-order chi connectivity index (χ0) is 21.3. The van der Waals surface area contributed by atoms with E-state index in [1.54, 1.807) is 4.90 Å². The number of aromatic nitrogens is 4. The minimum absolute atomic E-state index is 0.124. The maximum absolute atomic E-state index is 12.2. The van der Waals surface area contributed by atoms with E-state index in [4.69, 9.17) is 10.5 Å². The fourth-order valence-corrected chi connectivity index (χ4v) is 3.25. The molecule has 2 aromatic rings. The van der Waals surface area contributed by atoms with Crippen molar-refractivity contribution in [3.05, 3.63) is 23.8 Å². The summed E-state index contributed by atoms with van der Waals surface area (Å²) in [5, 5.41) is 13.8. The number of aromatic carboxylic acids is 1. The van der Waals surface area contributed by atoms with E-state index < -0.39 is 11.6 Å². The summed E-state index contributed by atoms with van der Waals surface area (Å²) in [7, 11) is 0. The van der Waals surface area contributed by atoms with Crippen LogP contribution in [0.3, 0.4) is 0 Å². The molecular weight excluding hydrogens is 376 g/mol. The summed E-state index contributed by atoms with van der Waals surface area (Å²) >= 11 is 0. The maximum Gasteiger partial charge on any atom is 0.410 e. The molecule has 1 amide bonds. The van der Waals surface area contributed by atoms with Crippen LogP contribution in [0, 0.1) is 6.92 Å². The van der Waals surface area contributed by atoms with Crippen LogP contribution < -0.4 is 5.73 Å². The standard InChI is InChI=1S/C19H26N6O4/c1-11-13(14-9-21-16(20)15(22-14)17(26)27)10-25(23-11)12-5-7-24(8-6-12)18(28)29-19(2,3)4/h9-10,12H,5-8H2,1-4H3,(H2,20,21)(H,26,27). The first kappa shape index (κ1) is 20.6. The SMILES string of the molecule is Cc1nn(C2CCN(C(=O)OC(C)(C)C)CC2)cc1-c1cnc(N)c(C(=O)O)n1. The Bertz CT molecular complexity index is 925. The number of nitrogens with zero attached hydrogens (tertiary/aromatic N) is 5. The number of ether oxygens (including phenoxy) is 1. The van der Waals surface area contributed by atoms with Crippen LogP contribution in [0.5, 0.6) is 0 Å². The topological polar surface area (TPSA) is 136 Å². The van der Waals surface area contributed by atoms with Crippen LogP contribution in [0.1, 0.15) is 55.8 Å². The molecule has 0 spiro atoms. The smallest absolute Gasteiger partial charge is 0.410 e. The van der Waals surface area contributed by atoms with Gasteiger partial charge in [-0.05, 0) is 40.5 Å². The highest BCUT2D eigenvalue weighted by atomic mass is 16.6. The molecule has 3 rings (SSSR count). The highest BCUT2D eigenvalue weighted by Crippen LogP contribution is 2.28. The highest BCUT2D eigenvalue weighted by molar-refractivity contribution is 5.90. The number of likely N-dealkylation sites (tertiary alicyclic amines) is 1. The number of hydrogen-bond acceptors (Lipinski definition) is 7. The average molecular weight is 402 g/mol. The predicted octanol–water partition coefficient (Wildman–Crippen LogP) is 2.50. The van der Waals surface area contributed by atoms with Gasteiger partial charge in [-0.25, -0.2) is 19.6 Å². The quantitative estimate of drug-likeness (QED) is 0.799. The summed E-state index contributed by atoms with van der Waals surface area (Å²) in [5.74, 6) is -1.35. The summed E-state index contributed by atoms with van der Waals surface area (Å²) < 4.78 is 7.29. The van der Waals surface area contributed by atoms with Gasteiger partial charge in [0.05, 0.1) is 23.6 Å². The van der Waals surface area contributed by atoms with E-state index in [1.807, 2.05) is 38.6 Å². The van der Waals surface area contributed by atoms with Crippen LogP contribution in [0.15, 0.2) is 12.4 Å². The van der Waals surface area contributed by atoms with Gasteiger partial charge < -0.3 is 20.5 Å². The number of hydrogen-bond donors (Lipinski definition) is 2.